The Morgan fingerprint density at radius 1 is 1.27 bits per heavy atom. The fraction of sp³-hybridized carbons (Fsp3) is 0.714. The van der Waals surface area contributed by atoms with Gasteiger partial charge in [0.15, 0.2) is 0 Å². The second kappa shape index (κ2) is 7.92. The van der Waals surface area contributed by atoms with Crippen LogP contribution >= 0.6 is 0 Å². The predicted molar refractivity (Wildman–Crippen MR) is 112 cm³/mol. The molecule has 1 aromatic heterocycles. The van der Waals surface area contributed by atoms with E-state index in [1.807, 2.05) is 13.8 Å². The number of anilines is 1. The molecule has 166 valence electrons. The lowest BCUT2D eigenvalue weighted by atomic mass is 9.76. The topological polar surface area (TPSA) is 96.8 Å². The molecule has 2 saturated heterocycles. The van der Waals surface area contributed by atoms with Gasteiger partial charge in [0.2, 0.25) is 11.8 Å². The number of hydrogen-bond acceptors (Lipinski definition) is 5. The van der Waals surface area contributed by atoms with Crippen molar-refractivity contribution in [3.05, 3.63) is 12.4 Å². The van der Waals surface area contributed by atoms with E-state index in [9.17, 15) is 14.4 Å². The number of hydrogen-bond donors (Lipinski definition) is 1. The minimum absolute atomic E-state index is 0.159. The minimum atomic E-state index is -0.693. The lowest BCUT2D eigenvalue weighted by Crippen LogP contribution is -2.61. The Morgan fingerprint density at radius 3 is 2.57 bits per heavy atom. The van der Waals surface area contributed by atoms with Gasteiger partial charge in [-0.25, -0.2) is 4.79 Å². The van der Waals surface area contributed by atoms with Gasteiger partial charge in [0.1, 0.15) is 17.7 Å². The van der Waals surface area contributed by atoms with Gasteiger partial charge in [0, 0.05) is 26.3 Å². The first-order chi connectivity index (χ1) is 13.9. The van der Waals surface area contributed by atoms with Gasteiger partial charge < -0.3 is 15.0 Å². The molecule has 0 bridgehead atoms. The Morgan fingerprint density at radius 2 is 1.97 bits per heavy atom. The summed E-state index contributed by atoms with van der Waals surface area (Å²) in [6, 6.07) is -1.31. The molecule has 0 aliphatic carbocycles. The molecule has 0 spiro atoms. The summed E-state index contributed by atoms with van der Waals surface area (Å²) in [4.78, 5) is 42.1. The van der Waals surface area contributed by atoms with E-state index in [1.54, 1.807) is 49.8 Å². The maximum atomic E-state index is 13.3. The van der Waals surface area contributed by atoms with E-state index in [4.69, 9.17) is 4.74 Å². The van der Waals surface area contributed by atoms with Crippen LogP contribution in [0.2, 0.25) is 0 Å². The monoisotopic (exact) mass is 419 g/mol. The molecular formula is C21H33N5O4. The van der Waals surface area contributed by atoms with Crippen molar-refractivity contribution in [2.45, 2.75) is 71.6 Å². The van der Waals surface area contributed by atoms with Crippen LogP contribution in [-0.4, -0.2) is 63.4 Å². The number of ether oxygens (including phenoxy) is 1. The van der Waals surface area contributed by atoms with E-state index in [0.717, 1.165) is 12.8 Å². The first-order valence-corrected chi connectivity index (χ1v) is 10.5. The summed E-state index contributed by atoms with van der Waals surface area (Å²) in [6.07, 6.45) is 5.04. The fourth-order valence-electron chi connectivity index (χ4n) is 4.27. The molecule has 2 aliphatic heterocycles. The molecule has 0 aromatic carbocycles. The summed E-state index contributed by atoms with van der Waals surface area (Å²) >= 11 is 0. The molecule has 1 N–H and O–H groups in total. The number of aromatic nitrogens is 2. The number of amides is 3. The summed E-state index contributed by atoms with van der Waals surface area (Å²) in [5.74, 6) is -0.467. The highest BCUT2D eigenvalue weighted by molar-refractivity contribution is 6.02. The molecular weight excluding hydrogens is 386 g/mol. The Balaban J connectivity index is 1.74. The lowest BCUT2D eigenvalue weighted by Gasteiger charge is -2.45. The first-order valence-electron chi connectivity index (χ1n) is 10.5. The van der Waals surface area contributed by atoms with Crippen LogP contribution in [0, 0.1) is 5.41 Å². The molecule has 9 heteroatoms. The van der Waals surface area contributed by atoms with Crippen LogP contribution in [0.3, 0.4) is 0 Å². The number of carbonyl (C=O) groups excluding carboxylic acids is 3. The van der Waals surface area contributed by atoms with Gasteiger partial charge >= 0.3 is 6.09 Å². The third-order valence-electron chi connectivity index (χ3n) is 5.67. The van der Waals surface area contributed by atoms with Crippen molar-refractivity contribution in [2.24, 2.45) is 12.5 Å². The van der Waals surface area contributed by atoms with Crippen molar-refractivity contribution in [2.75, 3.05) is 18.0 Å². The van der Waals surface area contributed by atoms with E-state index in [1.165, 1.54) is 4.90 Å². The summed E-state index contributed by atoms with van der Waals surface area (Å²) in [7, 11) is 1.79. The van der Waals surface area contributed by atoms with Gasteiger partial charge in [-0.3, -0.25) is 19.2 Å². The molecule has 3 heterocycles. The SMILES string of the molecule is Cn1cc(N2CC[C@@H](NC(=O)[C@@H]3N(C(=O)OC(C)(C)C)CCCC3(C)C)C2=O)cn1. The fourth-order valence-corrected chi connectivity index (χ4v) is 4.27. The normalized spacial score (nSPS) is 24.1. The van der Waals surface area contributed by atoms with Gasteiger partial charge in [0.05, 0.1) is 11.9 Å². The van der Waals surface area contributed by atoms with Crippen molar-refractivity contribution in [1.82, 2.24) is 20.0 Å². The molecule has 0 unspecified atom stereocenters. The number of rotatable bonds is 3. The maximum absolute atomic E-state index is 13.3. The lowest BCUT2D eigenvalue weighted by molar-refractivity contribution is -0.135. The van der Waals surface area contributed by atoms with E-state index in [0.29, 0.717) is 25.2 Å². The van der Waals surface area contributed by atoms with E-state index in [2.05, 4.69) is 10.4 Å². The summed E-state index contributed by atoms with van der Waals surface area (Å²) in [6.45, 7) is 10.3. The average molecular weight is 420 g/mol. The molecule has 2 atom stereocenters. The van der Waals surface area contributed by atoms with Gasteiger partial charge in [-0.2, -0.15) is 5.10 Å². The van der Waals surface area contributed by atoms with Crippen LogP contribution in [0.15, 0.2) is 12.4 Å². The zero-order valence-electron chi connectivity index (χ0n) is 18.8. The quantitative estimate of drug-likeness (QED) is 0.809. The number of carbonyl (C=O) groups is 3. The molecule has 1 aromatic rings. The Labute approximate surface area is 177 Å². The number of likely N-dealkylation sites (tertiary alicyclic amines) is 1. The second-order valence-electron chi connectivity index (χ2n) is 9.88. The third kappa shape index (κ3) is 4.60. The highest BCUT2D eigenvalue weighted by atomic mass is 16.6. The van der Waals surface area contributed by atoms with Crippen molar-refractivity contribution in [3.63, 3.8) is 0 Å². The summed E-state index contributed by atoms with van der Waals surface area (Å²) in [5.41, 5.74) is -0.359. The van der Waals surface area contributed by atoms with Crippen molar-refractivity contribution >= 4 is 23.6 Å². The largest absolute Gasteiger partial charge is 0.444 e. The standard InChI is InChI=1S/C21H33N5O4/c1-20(2,3)30-19(29)26-10-7-9-21(4,5)16(26)17(27)23-15-8-11-25(18(15)28)14-12-22-24(6)13-14/h12-13,15-16H,7-11H2,1-6H3,(H,23,27)/t15-,16+/m1/s1. The maximum Gasteiger partial charge on any atom is 0.410 e. The Bertz CT molecular complexity index is 826. The zero-order valence-corrected chi connectivity index (χ0v) is 18.8. The van der Waals surface area contributed by atoms with E-state index >= 15 is 0 Å². The van der Waals surface area contributed by atoms with Gasteiger partial charge in [-0.05, 0) is 45.4 Å². The number of aryl methyl sites for hydroxylation is 1. The van der Waals surface area contributed by atoms with Crippen molar-refractivity contribution < 1.29 is 19.1 Å². The minimum Gasteiger partial charge on any atom is -0.444 e. The van der Waals surface area contributed by atoms with Gasteiger partial charge in [-0.1, -0.05) is 13.8 Å². The highest BCUT2D eigenvalue weighted by Crippen LogP contribution is 2.36. The number of nitrogens with zero attached hydrogens (tertiary/aromatic N) is 4. The molecule has 0 radical (unpaired) electrons. The van der Waals surface area contributed by atoms with Gasteiger partial charge in [0.25, 0.3) is 0 Å². The zero-order chi connectivity index (χ0) is 22.3. The molecule has 3 rings (SSSR count). The Hall–Kier alpha value is -2.58. The molecule has 9 nitrogen and oxygen atoms in total. The first kappa shape index (κ1) is 22.1. The van der Waals surface area contributed by atoms with Crippen LogP contribution in [0.5, 0.6) is 0 Å². The second-order valence-corrected chi connectivity index (χ2v) is 9.88. The van der Waals surface area contributed by atoms with Crippen LogP contribution in [0.25, 0.3) is 0 Å². The smallest absolute Gasteiger partial charge is 0.410 e. The summed E-state index contributed by atoms with van der Waals surface area (Å²) in [5, 5.41) is 7.01. The van der Waals surface area contributed by atoms with Crippen LogP contribution in [-0.2, 0) is 21.4 Å². The summed E-state index contributed by atoms with van der Waals surface area (Å²) < 4.78 is 7.18. The van der Waals surface area contributed by atoms with E-state index in [-0.39, 0.29) is 11.8 Å². The van der Waals surface area contributed by atoms with Crippen LogP contribution in [0.4, 0.5) is 10.5 Å². The number of piperidine rings is 1. The highest BCUT2D eigenvalue weighted by Gasteiger charge is 2.47. The molecule has 3 amide bonds. The number of nitrogens with one attached hydrogen (secondary N) is 1. The van der Waals surface area contributed by atoms with Crippen molar-refractivity contribution in [3.8, 4) is 0 Å². The Kier molecular flexibility index (Phi) is 5.84. The van der Waals surface area contributed by atoms with Crippen LogP contribution < -0.4 is 10.2 Å². The van der Waals surface area contributed by atoms with Crippen LogP contribution in [0.1, 0.15) is 53.9 Å². The molecule has 2 fully saturated rings. The third-order valence-corrected chi connectivity index (χ3v) is 5.67. The van der Waals surface area contributed by atoms with Gasteiger partial charge in [-0.15, -0.1) is 0 Å². The van der Waals surface area contributed by atoms with Crippen molar-refractivity contribution in [1.29, 1.82) is 0 Å². The molecule has 30 heavy (non-hydrogen) atoms. The molecule has 2 aliphatic rings. The van der Waals surface area contributed by atoms with E-state index < -0.39 is 29.2 Å². The molecule has 0 saturated carbocycles. The average Bonchev–Trinajstić information content (AvgIpc) is 3.18. The predicted octanol–water partition coefficient (Wildman–Crippen LogP) is 2.07.